The van der Waals surface area contributed by atoms with Crippen molar-refractivity contribution in [2.45, 2.75) is 20.4 Å². The van der Waals surface area contributed by atoms with Gasteiger partial charge in [0.1, 0.15) is 5.82 Å². The lowest BCUT2D eigenvalue weighted by atomic mass is 10.2. The largest absolute Gasteiger partial charge is 0.321 e. The second kappa shape index (κ2) is 5.80. The lowest BCUT2D eigenvalue weighted by molar-refractivity contribution is 0.627. The van der Waals surface area contributed by atoms with Crippen molar-refractivity contribution in [3.8, 4) is 5.69 Å². The Morgan fingerprint density at radius 3 is 2.58 bits per heavy atom. The van der Waals surface area contributed by atoms with Crippen LogP contribution in [0.3, 0.4) is 0 Å². The van der Waals surface area contributed by atoms with Crippen LogP contribution in [0.1, 0.15) is 18.2 Å². The number of nitrogens with one attached hydrogen (secondary N) is 1. The van der Waals surface area contributed by atoms with Crippen LogP contribution in [0.25, 0.3) is 5.69 Å². The molecule has 0 aliphatic carbocycles. The molecule has 1 aromatic carbocycles. The van der Waals surface area contributed by atoms with Gasteiger partial charge in [0.05, 0.1) is 0 Å². The highest BCUT2D eigenvalue weighted by molar-refractivity contribution is 5.35. The van der Waals surface area contributed by atoms with E-state index in [2.05, 4.69) is 5.32 Å². The number of aromatic nitrogens is 1. The van der Waals surface area contributed by atoms with Crippen molar-refractivity contribution < 1.29 is 4.39 Å². The molecule has 0 unspecified atom stereocenters. The molecular formula is C15H17FN2O. The fourth-order valence-corrected chi connectivity index (χ4v) is 1.95. The van der Waals surface area contributed by atoms with Gasteiger partial charge in [0, 0.05) is 35.8 Å². The van der Waals surface area contributed by atoms with Gasteiger partial charge in [0.2, 0.25) is 0 Å². The highest BCUT2D eigenvalue weighted by Gasteiger charge is 2.05. The molecule has 2 rings (SSSR count). The van der Waals surface area contributed by atoms with Crippen molar-refractivity contribution in [2.75, 3.05) is 6.54 Å². The summed E-state index contributed by atoms with van der Waals surface area (Å²) >= 11 is 0. The minimum absolute atomic E-state index is 0.0248. The molecule has 0 amide bonds. The Labute approximate surface area is 111 Å². The van der Waals surface area contributed by atoms with Crippen LogP contribution in [-0.4, -0.2) is 11.1 Å². The average Bonchev–Trinajstić information content (AvgIpc) is 2.39. The summed E-state index contributed by atoms with van der Waals surface area (Å²) in [6.45, 7) is 5.20. The van der Waals surface area contributed by atoms with E-state index in [1.165, 1.54) is 12.1 Å². The Kier molecular flexibility index (Phi) is 4.12. The van der Waals surface area contributed by atoms with E-state index in [0.717, 1.165) is 17.9 Å². The zero-order chi connectivity index (χ0) is 13.8. The van der Waals surface area contributed by atoms with Gasteiger partial charge in [0.25, 0.3) is 0 Å². The molecule has 1 N–H and O–H groups in total. The van der Waals surface area contributed by atoms with Crippen LogP contribution in [0.4, 0.5) is 4.39 Å². The van der Waals surface area contributed by atoms with E-state index in [0.29, 0.717) is 12.1 Å². The first-order valence-electron chi connectivity index (χ1n) is 6.30. The van der Waals surface area contributed by atoms with Gasteiger partial charge < -0.3 is 9.88 Å². The SMILES string of the molecule is CCNCc1cn(-c2ccc(F)cc2)c(C)cc1=O. The molecule has 0 bridgehead atoms. The maximum atomic E-state index is 12.9. The molecule has 0 saturated heterocycles. The topological polar surface area (TPSA) is 34.0 Å². The molecule has 100 valence electrons. The Bertz CT molecular complexity index is 617. The quantitative estimate of drug-likeness (QED) is 0.916. The summed E-state index contributed by atoms with van der Waals surface area (Å²) in [6.07, 6.45) is 1.81. The number of halogens is 1. The smallest absolute Gasteiger partial charge is 0.186 e. The first-order chi connectivity index (χ1) is 9.11. The first kappa shape index (κ1) is 13.5. The predicted molar refractivity (Wildman–Crippen MR) is 74.1 cm³/mol. The standard InChI is InChI=1S/C15H17FN2O/c1-3-17-9-12-10-18(11(2)8-15(12)19)14-6-4-13(16)5-7-14/h4-8,10,17H,3,9H2,1-2H3. The maximum Gasteiger partial charge on any atom is 0.186 e. The number of nitrogens with zero attached hydrogens (tertiary/aromatic N) is 1. The lowest BCUT2D eigenvalue weighted by Gasteiger charge is -2.13. The van der Waals surface area contributed by atoms with Gasteiger partial charge in [-0.05, 0) is 37.7 Å². The normalized spacial score (nSPS) is 10.7. The van der Waals surface area contributed by atoms with Gasteiger partial charge in [-0.3, -0.25) is 4.79 Å². The van der Waals surface area contributed by atoms with Crippen LogP contribution < -0.4 is 10.7 Å². The minimum atomic E-state index is -0.268. The van der Waals surface area contributed by atoms with E-state index >= 15 is 0 Å². The van der Waals surface area contributed by atoms with Gasteiger partial charge in [0.15, 0.2) is 5.43 Å². The van der Waals surface area contributed by atoms with Gasteiger partial charge >= 0.3 is 0 Å². The number of hydrogen-bond acceptors (Lipinski definition) is 2. The molecule has 0 fully saturated rings. The van der Waals surface area contributed by atoms with Crippen LogP contribution in [0.2, 0.25) is 0 Å². The third kappa shape index (κ3) is 3.09. The van der Waals surface area contributed by atoms with Crippen molar-refractivity contribution in [1.82, 2.24) is 9.88 Å². The van der Waals surface area contributed by atoms with Crippen LogP contribution in [0.15, 0.2) is 41.3 Å². The number of hydrogen-bond donors (Lipinski definition) is 1. The summed E-state index contributed by atoms with van der Waals surface area (Å²) in [5.41, 5.74) is 2.40. The Balaban J connectivity index is 2.45. The molecule has 2 aromatic rings. The van der Waals surface area contributed by atoms with E-state index in [1.807, 2.05) is 24.6 Å². The molecule has 0 spiro atoms. The first-order valence-corrected chi connectivity index (χ1v) is 6.30. The second-order valence-electron chi connectivity index (χ2n) is 4.43. The summed E-state index contributed by atoms with van der Waals surface area (Å²) in [6, 6.07) is 7.83. The van der Waals surface area contributed by atoms with E-state index in [-0.39, 0.29) is 11.2 Å². The van der Waals surface area contributed by atoms with Gasteiger partial charge in [-0.15, -0.1) is 0 Å². The minimum Gasteiger partial charge on any atom is -0.321 e. The average molecular weight is 260 g/mol. The van der Waals surface area contributed by atoms with Crippen LogP contribution in [0, 0.1) is 12.7 Å². The molecule has 0 atom stereocenters. The monoisotopic (exact) mass is 260 g/mol. The summed E-state index contributed by atoms with van der Waals surface area (Å²) in [7, 11) is 0. The van der Waals surface area contributed by atoms with Crippen molar-refractivity contribution in [1.29, 1.82) is 0 Å². The summed E-state index contributed by atoms with van der Waals surface area (Å²) in [5, 5.41) is 3.14. The predicted octanol–water partition coefficient (Wildman–Crippen LogP) is 2.39. The molecule has 19 heavy (non-hydrogen) atoms. The highest BCUT2D eigenvalue weighted by atomic mass is 19.1. The number of aryl methyl sites for hydroxylation is 1. The van der Waals surface area contributed by atoms with E-state index in [4.69, 9.17) is 0 Å². The fourth-order valence-electron chi connectivity index (χ4n) is 1.95. The molecule has 0 radical (unpaired) electrons. The Hall–Kier alpha value is -1.94. The van der Waals surface area contributed by atoms with Gasteiger partial charge in [-0.1, -0.05) is 6.92 Å². The van der Waals surface area contributed by atoms with E-state index in [1.54, 1.807) is 18.2 Å². The van der Waals surface area contributed by atoms with Gasteiger partial charge in [-0.2, -0.15) is 0 Å². The van der Waals surface area contributed by atoms with Crippen molar-refractivity contribution in [3.63, 3.8) is 0 Å². The van der Waals surface area contributed by atoms with Crippen molar-refractivity contribution >= 4 is 0 Å². The molecule has 0 aliphatic heterocycles. The van der Waals surface area contributed by atoms with E-state index in [9.17, 15) is 9.18 Å². The molecule has 1 aromatic heterocycles. The van der Waals surface area contributed by atoms with Crippen LogP contribution in [-0.2, 0) is 6.54 Å². The second-order valence-corrected chi connectivity index (χ2v) is 4.43. The molecular weight excluding hydrogens is 243 g/mol. The zero-order valence-electron chi connectivity index (χ0n) is 11.1. The molecule has 4 heteroatoms. The molecule has 0 aliphatic rings. The molecule has 0 saturated carbocycles. The molecule has 1 heterocycles. The highest BCUT2D eigenvalue weighted by Crippen LogP contribution is 2.12. The summed E-state index contributed by atoms with van der Waals surface area (Å²) < 4.78 is 14.8. The Morgan fingerprint density at radius 2 is 1.95 bits per heavy atom. The zero-order valence-corrected chi connectivity index (χ0v) is 11.1. The number of benzene rings is 1. The third-order valence-corrected chi connectivity index (χ3v) is 2.99. The summed E-state index contributed by atoms with van der Waals surface area (Å²) in [5.74, 6) is -0.268. The van der Waals surface area contributed by atoms with Gasteiger partial charge in [-0.25, -0.2) is 4.39 Å². The Morgan fingerprint density at radius 1 is 1.26 bits per heavy atom. The molecule has 3 nitrogen and oxygen atoms in total. The third-order valence-electron chi connectivity index (χ3n) is 2.99. The maximum absolute atomic E-state index is 12.9. The van der Waals surface area contributed by atoms with Crippen LogP contribution in [0.5, 0.6) is 0 Å². The van der Waals surface area contributed by atoms with Crippen molar-refractivity contribution in [3.05, 3.63) is 63.8 Å². The number of pyridine rings is 1. The van der Waals surface area contributed by atoms with Crippen LogP contribution >= 0.6 is 0 Å². The van der Waals surface area contributed by atoms with Crippen molar-refractivity contribution in [2.24, 2.45) is 0 Å². The summed E-state index contributed by atoms with van der Waals surface area (Å²) in [4.78, 5) is 11.9. The number of rotatable bonds is 4. The fraction of sp³-hybridized carbons (Fsp3) is 0.267. The lowest BCUT2D eigenvalue weighted by Crippen LogP contribution is -2.21. The van der Waals surface area contributed by atoms with E-state index < -0.39 is 0 Å².